The van der Waals surface area contributed by atoms with Crippen LogP contribution in [-0.2, 0) is 0 Å². The molecular formula is C76H62N2S. The summed E-state index contributed by atoms with van der Waals surface area (Å²) in [7, 11) is 0. The lowest BCUT2D eigenvalue weighted by molar-refractivity contribution is 0.787. The summed E-state index contributed by atoms with van der Waals surface area (Å²) in [5.41, 5.74) is 18.5. The highest BCUT2D eigenvalue weighted by Gasteiger charge is 2.22. The lowest BCUT2D eigenvalue weighted by Crippen LogP contribution is -2.30. The van der Waals surface area contributed by atoms with E-state index in [2.05, 4.69) is 320 Å². The second kappa shape index (κ2) is 25.1. The summed E-state index contributed by atoms with van der Waals surface area (Å²) in [6.45, 7) is 8.23. The predicted octanol–water partition coefficient (Wildman–Crippen LogP) is 21.3. The number of para-hydroxylation sites is 1. The zero-order chi connectivity index (χ0) is 53.6. The molecule has 0 bridgehead atoms. The summed E-state index contributed by atoms with van der Waals surface area (Å²) in [6, 6.07) is 80.8. The van der Waals surface area contributed by atoms with E-state index >= 15 is 0 Å². The monoisotopic (exact) mass is 1030 g/mol. The van der Waals surface area contributed by atoms with E-state index in [-0.39, 0.29) is 6.04 Å². The molecule has 11 rings (SSSR count). The number of hydrogen-bond donors (Lipinski definition) is 0. The number of allylic oxidation sites excluding steroid dienone is 14. The van der Waals surface area contributed by atoms with Crippen LogP contribution in [0.4, 0.5) is 28.4 Å². The third-order valence-corrected chi connectivity index (χ3v) is 15.7. The van der Waals surface area contributed by atoms with Gasteiger partial charge in [-0.3, -0.25) is 0 Å². The van der Waals surface area contributed by atoms with Gasteiger partial charge in [-0.15, -0.1) is 11.3 Å². The Morgan fingerprint density at radius 1 is 0.456 bits per heavy atom. The quantitative estimate of drug-likeness (QED) is 0.0790. The van der Waals surface area contributed by atoms with Crippen molar-refractivity contribution < 1.29 is 0 Å². The van der Waals surface area contributed by atoms with E-state index in [4.69, 9.17) is 0 Å². The van der Waals surface area contributed by atoms with Gasteiger partial charge in [0, 0.05) is 44.1 Å². The van der Waals surface area contributed by atoms with Crippen LogP contribution in [0.15, 0.2) is 317 Å². The molecule has 0 aliphatic heterocycles. The summed E-state index contributed by atoms with van der Waals surface area (Å²) in [5.74, 6) is 0.441. The standard InChI is InChI=1S/C76H62N2S/c1-3-58(60-20-9-5-10-21-60)26-17-19-57-31-45-70(46-32-57)78(73-51-39-65(40-52-73)64-35-33-63(34-36-64)61-22-11-6-12-23-61)74-53-43-67(44-54-74)66-41-49-72(50-42-66)77(69-28-15-8-16-29-69)71-47-37-62(38-48-71)59(4-2)27-18-30-75-55-56-76(79-75)68-24-13-7-14-25-68/h3-22,24-51,53-56,61,73H,1-2,23,52H2. The van der Waals surface area contributed by atoms with E-state index in [0.717, 1.165) is 80.2 Å². The van der Waals surface area contributed by atoms with Gasteiger partial charge in [0.15, 0.2) is 0 Å². The second-order valence-electron chi connectivity index (χ2n) is 19.7. The third kappa shape index (κ3) is 12.5. The fraction of sp³-hybridized carbons (Fsp3) is 0.0526. The molecule has 2 aliphatic carbocycles. The Hall–Kier alpha value is -9.54. The van der Waals surface area contributed by atoms with E-state index in [9.17, 15) is 0 Å². The smallest absolute Gasteiger partial charge is 0.0560 e. The van der Waals surface area contributed by atoms with Crippen LogP contribution in [-0.4, -0.2) is 6.04 Å². The van der Waals surface area contributed by atoms with Crippen LogP contribution in [0, 0.1) is 0 Å². The van der Waals surface area contributed by atoms with Gasteiger partial charge in [0.1, 0.15) is 0 Å². The summed E-state index contributed by atoms with van der Waals surface area (Å²) < 4.78 is 0. The van der Waals surface area contributed by atoms with Crippen LogP contribution in [0.3, 0.4) is 0 Å². The van der Waals surface area contributed by atoms with Crippen molar-refractivity contribution in [2.75, 3.05) is 9.80 Å². The first-order chi connectivity index (χ1) is 39.1. The Balaban J connectivity index is 0.823. The van der Waals surface area contributed by atoms with E-state index < -0.39 is 0 Å². The second-order valence-corrected chi connectivity index (χ2v) is 20.8. The Morgan fingerprint density at radius 3 is 1.59 bits per heavy atom. The number of benzene rings is 8. The van der Waals surface area contributed by atoms with Gasteiger partial charge in [-0.05, 0) is 153 Å². The summed E-state index contributed by atoms with van der Waals surface area (Å²) in [5, 5.41) is 0. The minimum Gasteiger partial charge on any atom is -0.334 e. The summed E-state index contributed by atoms with van der Waals surface area (Å²) in [6.07, 6.45) is 34.5. The highest BCUT2D eigenvalue weighted by molar-refractivity contribution is 7.16. The Labute approximate surface area is 471 Å². The largest absolute Gasteiger partial charge is 0.334 e. The van der Waals surface area contributed by atoms with E-state index in [1.54, 1.807) is 11.3 Å². The van der Waals surface area contributed by atoms with Crippen molar-refractivity contribution in [2.24, 2.45) is 0 Å². The van der Waals surface area contributed by atoms with Gasteiger partial charge in [-0.1, -0.05) is 250 Å². The van der Waals surface area contributed by atoms with Crippen LogP contribution < -0.4 is 9.80 Å². The van der Waals surface area contributed by atoms with Crippen molar-refractivity contribution in [3.63, 3.8) is 0 Å². The lowest BCUT2D eigenvalue weighted by Gasteiger charge is -2.33. The third-order valence-electron chi connectivity index (χ3n) is 14.6. The molecule has 0 spiro atoms. The average Bonchev–Trinajstić information content (AvgIpc) is 4.03. The fourth-order valence-electron chi connectivity index (χ4n) is 10.4. The van der Waals surface area contributed by atoms with Gasteiger partial charge in [0.2, 0.25) is 0 Å². The molecule has 2 nitrogen and oxygen atoms in total. The number of thiophene rings is 1. The molecule has 2 unspecified atom stereocenters. The van der Waals surface area contributed by atoms with Gasteiger partial charge in [0.05, 0.1) is 6.04 Å². The van der Waals surface area contributed by atoms with Crippen molar-refractivity contribution in [1.29, 1.82) is 0 Å². The van der Waals surface area contributed by atoms with Crippen molar-refractivity contribution >= 4 is 68.6 Å². The normalized spacial score (nSPS) is 15.3. The van der Waals surface area contributed by atoms with Crippen molar-refractivity contribution in [3.8, 4) is 21.6 Å². The minimum absolute atomic E-state index is 0.123. The average molecular weight is 1040 g/mol. The predicted molar refractivity (Wildman–Crippen MR) is 343 cm³/mol. The summed E-state index contributed by atoms with van der Waals surface area (Å²) >= 11 is 1.79. The maximum absolute atomic E-state index is 4.16. The first-order valence-electron chi connectivity index (χ1n) is 27.2. The Kier molecular flexibility index (Phi) is 16.4. The first kappa shape index (κ1) is 51.6. The molecule has 3 heteroatoms. The number of hydrogen-bond acceptors (Lipinski definition) is 3. The molecule has 2 atom stereocenters. The molecule has 2 aliphatic rings. The maximum Gasteiger partial charge on any atom is 0.0560 e. The molecule has 1 heterocycles. The highest BCUT2D eigenvalue weighted by atomic mass is 32.1. The molecule has 0 radical (unpaired) electrons. The number of anilines is 5. The minimum atomic E-state index is 0.123. The molecule has 9 aromatic rings. The van der Waals surface area contributed by atoms with Crippen molar-refractivity contribution in [1.82, 2.24) is 0 Å². The van der Waals surface area contributed by atoms with Gasteiger partial charge in [-0.25, -0.2) is 0 Å². The molecule has 382 valence electrons. The molecule has 0 N–H and O–H groups in total. The van der Waals surface area contributed by atoms with Gasteiger partial charge in [0.25, 0.3) is 0 Å². The topological polar surface area (TPSA) is 6.48 Å². The van der Waals surface area contributed by atoms with Gasteiger partial charge >= 0.3 is 0 Å². The van der Waals surface area contributed by atoms with Crippen LogP contribution >= 0.6 is 11.3 Å². The van der Waals surface area contributed by atoms with Crippen molar-refractivity contribution in [2.45, 2.75) is 24.8 Å². The van der Waals surface area contributed by atoms with Crippen molar-refractivity contribution in [3.05, 3.63) is 349 Å². The molecule has 0 saturated heterocycles. The fourth-order valence-corrected chi connectivity index (χ4v) is 11.3. The van der Waals surface area contributed by atoms with E-state index in [0.29, 0.717) is 5.92 Å². The molecule has 0 amide bonds. The summed E-state index contributed by atoms with van der Waals surface area (Å²) in [4.78, 5) is 7.26. The first-order valence-corrected chi connectivity index (χ1v) is 28.0. The zero-order valence-corrected chi connectivity index (χ0v) is 45.1. The van der Waals surface area contributed by atoms with Gasteiger partial charge in [-0.2, -0.15) is 0 Å². The maximum atomic E-state index is 4.16. The molecular weight excluding hydrogens is 973 g/mol. The van der Waals surface area contributed by atoms with Crippen LogP contribution in [0.1, 0.15) is 51.5 Å². The molecule has 0 saturated carbocycles. The molecule has 79 heavy (non-hydrogen) atoms. The van der Waals surface area contributed by atoms with Crippen LogP contribution in [0.5, 0.6) is 0 Å². The van der Waals surface area contributed by atoms with E-state index in [1.807, 2.05) is 18.2 Å². The molecule has 0 fully saturated rings. The molecule has 1 aromatic heterocycles. The van der Waals surface area contributed by atoms with Gasteiger partial charge < -0.3 is 9.80 Å². The Morgan fingerprint density at radius 2 is 1.00 bits per heavy atom. The van der Waals surface area contributed by atoms with Crippen LogP contribution in [0.2, 0.25) is 0 Å². The highest BCUT2D eigenvalue weighted by Crippen LogP contribution is 2.39. The lowest BCUT2D eigenvalue weighted by atomic mass is 9.90. The Bertz CT molecular complexity index is 3750. The van der Waals surface area contributed by atoms with Crippen LogP contribution in [0.25, 0.3) is 50.4 Å². The molecule has 8 aromatic carbocycles. The number of rotatable bonds is 18. The number of nitrogens with zero attached hydrogens (tertiary/aromatic N) is 2. The SMILES string of the molecule is C=CC(=CC=Cc1ccc(N(c2ccc(-c3ccc(N(c4ccccc4)c4ccc(C(C=C)=CC=Cc5ccc(-c6ccccc6)s5)cc4)cc3)cc2)C2C=CC(c3ccc(C4C=CC=CC4)cc3)=CC2)cc1)c1ccccc1. The van der Waals surface area contributed by atoms with E-state index in [1.165, 1.54) is 32.0 Å². The zero-order valence-electron chi connectivity index (χ0n) is 44.3.